The lowest BCUT2D eigenvalue weighted by atomic mass is 10.1. The molecule has 0 radical (unpaired) electrons. The van der Waals surface area contributed by atoms with Crippen LogP contribution in [0.5, 0.6) is 0 Å². The van der Waals surface area contributed by atoms with E-state index >= 15 is 0 Å². The normalized spacial score (nSPS) is 17.4. The number of carbonyl (C=O) groups is 1. The van der Waals surface area contributed by atoms with E-state index in [1.807, 2.05) is 11.0 Å². The number of hydrogen-bond donors (Lipinski definition) is 3. The van der Waals surface area contributed by atoms with Gasteiger partial charge in [0.15, 0.2) is 12.0 Å². The number of fused-ring (bicyclic) bond motifs is 1. The third kappa shape index (κ3) is 4.33. The SMILES string of the molecule is CC(C)c1cc(Nc2nc(N3CCCC3C(=O)Nc3ccc[n+]([O-])c3)nc3c2CCC3)n[nH]1. The fourth-order valence-corrected chi connectivity index (χ4v) is 4.50. The van der Waals surface area contributed by atoms with Crippen molar-refractivity contribution in [3.63, 3.8) is 0 Å². The lowest BCUT2D eigenvalue weighted by Crippen LogP contribution is -2.41. The molecule has 0 bridgehead atoms. The summed E-state index contributed by atoms with van der Waals surface area (Å²) in [6, 6.07) is 4.92. The highest BCUT2D eigenvalue weighted by Gasteiger charge is 2.34. The molecular formula is C23H28N8O2. The van der Waals surface area contributed by atoms with Crippen LogP contribution in [-0.2, 0) is 17.6 Å². The van der Waals surface area contributed by atoms with Crippen LogP contribution in [0, 0.1) is 5.21 Å². The summed E-state index contributed by atoms with van der Waals surface area (Å²) in [5.74, 6) is 2.23. The van der Waals surface area contributed by atoms with Crippen molar-refractivity contribution < 1.29 is 9.52 Å². The van der Waals surface area contributed by atoms with Gasteiger partial charge in [0.1, 0.15) is 17.5 Å². The first-order valence-electron chi connectivity index (χ1n) is 11.5. The Morgan fingerprint density at radius 2 is 2.18 bits per heavy atom. The third-order valence-corrected chi connectivity index (χ3v) is 6.24. The molecule has 1 unspecified atom stereocenters. The van der Waals surface area contributed by atoms with Gasteiger partial charge in [-0.25, -0.2) is 4.98 Å². The van der Waals surface area contributed by atoms with E-state index in [1.54, 1.807) is 12.1 Å². The molecule has 0 saturated carbocycles. The Labute approximate surface area is 192 Å². The summed E-state index contributed by atoms with van der Waals surface area (Å²) in [6.45, 7) is 4.93. The Bertz CT molecular complexity index is 1180. The van der Waals surface area contributed by atoms with Gasteiger partial charge in [-0.3, -0.25) is 9.89 Å². The summed E-state index contributed by atoms with van der Waals surface area (Å²) in [4.78, 5) is 24.7. The van der Waals surface area contributed by atoms with Gasteiger partial charge in [0.2, 0.25) is 18.1 Å². The number of amides is 1. The molecule has 172 valence electrons. The highest BCUT2D eigenvalue weighted by molar-refractivity contribution is 5.96. The molecule has 3 aromatic heterocycles. The maximum atomic E-state index is 13.0. The highest BCUT2D eigenvalue weighted by atomic mass is 16.5. The van der Waals surface area contributed by atoms with Gasteiger partial charge >= 0.3 is 0 Å². The molecule has 10 nitrogen and oxygen atoms in total. The average molecular weight is 449 g/mol. The van der Waals surface area contributed by atoms with E-state index in [9.17, 15) is 10.0 Å². The van der Waals surface area contributed by atoms with Crippen LogP contribution in [0.25, 0.3) is 0 Å². The third-order valence-electron chi connectivity index (χ3n) is 6.24. The Hall–Kier alpha value is -3.69. The molecule has 0 aromatic carbocycles. The molecule has 3 N–H and O–H groups in total. The molecule has 1 amide bonds. The number of aromatic nitrogens is 5. The van der Waals surface area contributed by atoms with E-state index in [4.69, 9.17) is 9.97 Å². The number of aryl methyl sites for hydroxylation is 1. The largest absolute Gasteiger partial charge is 0.619 e. The molecule has 0 spiro atoms. The lowest BCUT2D eigenvalue weighted by molar-refractivity contribution is -0.604. The molecular weight excluding hydrogens is 420 g/mol. The van der Waals surface area contributed by atoms with Crippen LogP contribution in [0.1, 0.15) is 56.0 Å². The minimum absolute atomic E-state index is 0.161. The Morgan fingerprint density at radius 3 is 2.97 bits per heavy atom. The zero-order chi connectivity index (χ0) is 22.9. The first-order chi connectivity index (χ1) is 16.0. The molecule has 1 fully saturated rings. The maximum Gasteiger partial charge on any atom is 0.247 e. The van der Waals surface area contributed by atoms with Gasteiger partial charge in [0.05, 0.1) is 5.69 Å². The van der Waals surface area contributed by atoms with Crippen LogP contribution in [0.3, 0.4) is 0 Å². The number of nitrogens with zero attached hydrogens (tertiary/aromatic N) is 5. The number of nitrogens with one attached hydrogen (secondary N) is 3. The summed E-state index contributed by atoms with van der Waals surface area (Å²) in [6.07, 6.45) is 7.16. The van der Waals surface area contributed by atoms with E-state index in [1.165, 1.54) is 12.4 Å². The van der Waals surface area contributed by atoms with E-state index in [0.29, 0.717) is 35.2 Å². The van der Waals surface area contributed by atoms with Gasteiger partial charge < -0.3 is 20.7 Å². The molecule has 1 aliphatic heterocycles. The van der Waals surface area contributed by atoms with E-state index in [0.717, 1.165) is 54.3 Å². The first kappa shape index (κ1) is 21.2. The van der Waals surface area contributed by atoms with Gasteiger partial charge in [-0.15, -0.1) is 0 Å². The van der Waals surface area contributed by atoms with Gasteiger partial charge in [0.25, 0.3) is 0 Å². The maximum absolute atomic E-state index is 13.0. The number of pyridine rings is 1. The van der Waals surface area contributed by atoms with Crippen molar-refractivity contribution in [3.8, 4) is 0 Å². The van der Waals surface area contributed by atoms with Crippen LogP contribution in [0.4, 0.5) is 23.3 Å². The van der Waals surface area contributed by atoms with Crippen molar-refractivity contribution in [2.45, 2.75) is 57.9 Å². The summed E-state index contributed by atoms with van der Waals surface area (Å²) in [7, 11) is 0. The molecule has 33 heavy (non-hydrogen) atoms. The Morgan fingerprint density at radius 1 is 1.30 bits per heavy atom. The minimum Gasteiger partial charge on any atom is -0.619 e. The Kier molecular flexibility index (Phi) is 5.57. The second-order valence-corrected chi connectivity index (χ2v) is 8.93. The molecule has 10 heteroatoms. The lowest BCUT2D eigenvalue weighted by Gasteiger charge is -2.25. The van der Waals surface area contributed by atoms with Crippen molar-refractivity contribution in [1.29, 1.82) is 0 Å². The summed E-state index contributed by atoms with van der Waals surface area (Å²) in [5, 5.41) is 25.2. The van der Waals surface area contributed by atoms with E-state index in [2.05, 4.69) is 34.7 Å². The second-order valence-electron chi connectivity index (χ2n) is 8.93. The molecule has 3 aromatic rings. The molecule has 5 rings (SSSR count). The van der Waals surface area contributed by atoms with Crippen molar-refractivity contribution >= 4 is 29.2 Å². The minimum atomic E-state index is -0.393. The topological polar surface area (TPSA) is 126 Å². The highest BCUT2D eigenvalue weighted by Crippen LogP contribution is 2.33. The molecule has 2 aliphatic rings. The standard InChI is InChI=1S/C23H28N8O2/c1-14(2)18-12-20(29-28-18)26-21-16-7-3-8-17(16)25-23(27-21)31-11-5-9-19(31)22(32)24-15-6-4-10-30(33)13-15/h4,6,10,12-14,19H,3,5,7-9,11H2,1-2H3,(H,24,32)(H2,25,26,27,28,29). The smallest absolute Gasteiger partial charge is 0.247 e. The fourth-order valence-electron chi connectivity index (χ4n) is 4.50. The van der Waals surface area contributed by atoms with Crippen LogP contribution in [0.2, 0.25) is 0 Å². The number of aromatic amines is 1. The predicted molar refractivity (Wildman–Crippen MR) is 124 cm³/mol. The Balaban J connectivity index is 1.40. The van der Waals surface area contributed by atoms with Crippen molar-refractivity contribution in [3.05, 3.63) is 52.8 Å². The molecule has 1 atom stereocenters. The number of H-pyrrole nitrogens is 1. The van der Waals surface area contributed by atoms with Crippen molar-refractivity contribution in [1.82, 2.24) is 20.2 Å². The van der Waals surface area contributed by atoms with Gasteiger partial charge in [-0.1, -0.05) is 13.8 Å². The molecule has 4 heterocycles. The van der Waals surface area contributed by atoms with E-state index < -0.39 is 6.04 Å². The summed E-state index contributed by atoms with van der Waals surface area (Å²) < 4.78 is 0.670. The fraction of sp³-hybridized carbons (Fsp3) is 0.435. The van der Waals surface area contributed by atoms with Crippen molar-refractivity contribution in [2.24, 2.45) is 0 Å². The van der Waals surface area contributed by atoms with Crippen LogP contribution in [-0.4, -0.2) is 38.7 Å². The van der Waals surface area contributed by atoms with Gasteiger partial charge in [0, 0.05) is 29.9 Å². The summed E-state index contributed by atoms with van der Waals surface area (Å²) in [5.41, 5.74) is 3.68. The number of carbonyl (C=O) groups excluding carboxylic acids is 1. The molecule has 1 saturated heterocycles. The quantitative estimate of drug-likeness (QED) is 0.391. The zero-order valence-electron chi connectivity index (χ0n) is 18.8. The predicted octanol–water partition coefficient (Wildman–Crippen LogP) is 2.80. The average Bonchev–Trinajstić information content (AvgIpc) is 3.53. The van der Waals surface area contributed by atoms with Crippen LogP contribution >= 0.6 is 0 Å². The number of rotatable bonds is 6. The number of hydrogen-bond acceptors (Lipinski definition) is 7. The van der Waals surface area contributed by atoms with Crippen molar-refractivity contribution in [2.75, 3.05) is 22.1 Å². The monoisotopic (exact) mass is 448 g/mol. The van der Waals surface area contributed by atoms with E-state index in [-0.39, 0.29) is 5.91 Å². The van der Waals surface area contributed by atoms with Crippen LogP contribution < -0.4 is 20.3 Å². The summed E-state index contributed by atoms with van der Waals surface area (Å²) >= 11 is 0. The second kappa shape index (κ2) is 8.68. The van der Waals surface area contributed by atoms with Gasteiger partial charge in [-0.2, -0.15) is 14.8 Å². The number of anilines is 4. The zero-order valence-corrected chi connectivity index (χ0v) is 18.8. The molecule has 1 aliphatic carbocycles. The van der Waals surface area contributed by atoms with Gasteiger partial charge in [-0.05, 0) is 44.1 Å². The van der Waals surface area contributed by atoms with Crippen LogP contribution in [0.15, 0.2) is 30.6 Å². The first-order valence-corrected chi connectivity index (χ1v) is 11.5.